The number of aryl methyl sites for hydroxylation is 1. The van der Waals surface area contributed by atoms with Crippen LogP contribution < -0.4 is 0 Å². The average Bonchev–Trinajstić information content (AvgIpc) is 2.78. The first kappa shape index (κ1) is 11.6. The van der Waals surface area contributed by atoms with E-state index in [1.807, 2.05) is 17.1 Å². The highest BCUT2D eigenvalue weighted by Gasteiger charge is 2.22. The molecule has 16 heavy (non-hydrogen) atoms. The summed E-state index contributed by atoms with van der Waals surface area (Å²) in [7, 11) is 0. The van der Waals surface area contributed by atoms with E-state index in [9.17, 15) is 5.11 Å². The highest BCUT2D eigenvalue weighted by atomic mass is 16.5. The van der Waals surface area contributed by atoms with Crippen molar-refractivity contribution < 1.29 is 9.84 Å². The molecule has 0 radical (unpaired) electrons. The van der Waals surface area contributed by atoms with Gasteiger partial charge in [-0.1, -0.05) is 0 Å². The summed E-state index contributed by atoms with van der Waals surface area (Å²) in [4.78, 5) is 0. The van der Waals surface area contributed by atoms with Crippen LogP contribution in [0.4, 0.5) is 0 Å². The van der Waals surface area contributed by atoms with Crippen molar-refractivity contribution in [3.63, 3.8) is 0 Å². The van der Waals surface area contributed by atoms with Crippen molar-refractivity contribution in [3.05, 3.63) is 18.0 Å². The lowest BCUT2D eigenvalue weighted by atomic mass is 9.91. The van der Waals surface area contributed by atoms with Gasteiger partial charge in [0.2, 0.25) is 0 Å². The quantitative estimate of drug-likeness (QED) is 0.837. The van der Waals surface area contributed by atoms with Crippen LogP contribution in [-0.4, -0.2) is 34.2 Å². The predicted octanol–water partition coefficient (Wildman–Crippen LogP) is 1.23. The summed E-state index contributed by atoms with van der Waals surface area (Å²) in [6.07, 6.45) is 6.28. The molecule has 0 amide bonds. The largest absolute Gasteiger partial charge is 0.392 e. The minimum absolute atomic E-state index is 0.251. The van der Waals surface area contributed by atoms with Crippen molar-refractivity contribution in [3.8, 4) is 0 Å². The number of aliphatic hydroxyl groups is 1. The summed E-state index contributed by atoms with van der Waals surface area (Å²) in [5.74, 6) is 0.388. The van der Waals surface area contributed by atoms with Gasteiger partial charge in [0.1, 0.15) is 0 Å². The molecule has 1 atom stereocenters. The molecule has 0 bridgehead atoms. The number of rotatable bonds is 4. The molecule has 0 aromatic carbocycles. The summed E-state index contributed by atoms with van der Waals surface area (Å²) in [6, 6.07) is 0. The van der Waals surface area contributed by atoms with Crippen molar-refractivity contribution in [1.82, 2.24) is 9.78 Å². The van der Waals surface area contributed by atoms with Gasteiger partial charge in [-0.2, -0.15) is 5.10 Å². The Bertz CT molecular complexity index is 319. The fourth-order valence-electron chi connectivity index (χ4n) is 2.19. The highest BCUT2D eigenvalue weighted by Crippen LogP contribution is 2.21. The molecule has 2 heterocycles. The Labute approximate surface area is 96.2 Å². The topological polar surface area (TPSA) is 47.3 Å². The normalized spacial score (nSPS) is 19.9. The number of aliphatic hydroxyl groups excluding tert-OH is 1. The van der Waals surface area contributed by atoms with Crippen LogP contribution in [0.1, 0.15) is 25.3 Å². The zero-order valence-corrected chi connectivity index (χ0v) is 9.80. The summed E-state index contributed by atoms with van der Waals surface area (Å²) >= 11 is 0. The fraction of sp³-hybridized carbons (Fsp3) is 0.750. The van der Waals surface area contributed by atoms with Crippen LogP contribution in [0.5, 0.6) is 0 Å². The van der Waals surface area contributed by atoms with Gasteiger partial charge in [0.05, 0.1) is 12.3 Å². The SMILES string of the molecule is CCn1cc(CC(O)C2CCOCC2)cn1. The van der Waals surface area contributed by atoms with E-state index in [1.54, 1.807) is 0 Å². The van der Waals surface area contributed by atoms with E-state index < -0.39 is 0 Å². The van der Waals surface area contributed by atoms with Crippen LogP contribution in [0.3, 0.4) is 0 Å². The molecule has 1 fully saturated rings. The first-order valence-electron chi connectivity index (χ1n) is 6.06. The van der Waals surface area contributed by atoms with Gasteiger partial charge in [0.25, 0.3) is 0 Å². The van der Waals surface area contributed by atoms with Crippen LogP contribution in [0.2, 0.25) is 0 Å². The molecule has 1 N–H and O–H groups in total. The second-order valence-corrected chi connectivity index (χ2v) is 4.43. The predicted molar refractivity (Wildman–Crippen MR) is 61.2 cm³/mol. The smallest absolute Gasteiger partial charge is 0.0611 e. The minimum atomic E-state index is -0.251. The Morgan fingerprint density at radius 1 is 1.56 bits per heavy atom. The number of hydrogen-bond donors (Lipinski definition) is 1. The third-order valence-corrected chi connectivity index (χ3v) is 3.27. The van der Waals surface area contributed by atoms with Crippen LogP contribution in [-0.2, 0) is 17.7 Å². The lowest BCUT2D eigenvalue weighted by molar-refractivity contribution is 0.00839. The maximum Gasteiger partial charge on any atom is 0.0611 e. The Kier molecular flexibility index (Phi) is 3.96. The van der Waals surface area contributed by atoms with Crippen LogP contribution in [0.15, 0.2) is 12.4 Å². The third-order valence-electron chi connectivity index (χ3n) is 3.27. The van der Waals surface area contributed by atoms with Gasteiger partial charge in [0, 0.05) is 32.4 Å². The zero-order valence-electron chi connectivity index (χ0n) is 9.80. The molecule has 4 heteroatoms. The van der Waals surface area contributed by atoms with Crippen LogP contribution in [0, 0.1) is 5.92 Å². The molecule has 1 saturated heterocycles. The molecular weight excluding hydrogens is 204 g/mol. The Balaban J connectivity index is 1.87. The molecule has 0 spiro atoms. The van der Waals surface area contributed by atoms with Crippen molar-refractivity contribution in [2.75, 3.05) is 13.2 Å². The van der Waals surface area contributed by atoms with Gasteiger partial charge in [0.15, 0.2) is 0 Å². The summed E-state index contributed by atoms with van der Waals surface area (Å²) in [5.41, 5.74) is 1.13. The van der Waals surface area contributed by atoms with Crippen molar-refractivity contribution in [2.24, 2.45) is 5.92 Å². The second kappa shape index (κ2) is 5.46. The maximum absolute atomic E-state index is 10.1. The second-order valence-electron chi connectivity index (χ2n) is 4.43. The first-order valence-corrected chi connectivity index (χ1v) is 6.06. The Hall–Kier alpha value is -0.870. The van der Waals surface area contributed by atoms with E-state index >= 15 is 0 Å². The van der Waals surface area contributed by atoms with Crippen LogP contribution in [0.25, 0.3) is 0 Å². The lowest BCUT2D eigenvalue weighted by Crippen LogP contribution is -2.28. The van der Waals surface area contributed by atoms with Gasteiger partial charge in [-0.25, -0.2) is 0 Å². The lowest BCUT2D eigenvalue weighted by Gasteiger charge is -2.26. The number of nitrogens with zero attached hydrogens (tertiary/aromatic N) is 2. The van der Waals surface area contributed by atoms with E-state index in [-0.39, 0.29) is 6.10 Å². The summed E-state index contributed by atoms with van der Waals surface area (Å²) in [5, 5.41) is 14.3. The molecular formula is C12H20N2O2. The molecule has 1 aromatic rings. The molecule has 4 nitrogen and oxygen atoms in total. The summed E-state index contributed by atoms with van der Waals surface area (Å²) < 4.78 is 7.19. The van der Waals surface area contributed by atoms with Gasteiger partial charge in [-0.15, -0.1) is 0 Å². The van der Waals surface area contributed by atoms with Crippen molar-refractivity contribution in [1.29, 1.82) is 0 Å². The van der Waals surface area contributed by atoms with E-state index in [1.165, 1.54) is 0 Å². The van der Waals surface area contributed by atoms with Crippen LogP contribution >= 0.6 is 0 Å². The van der Waals surface area contributed by atoms with E-state index in [0.29, 0.717) is 12.3 Å². The van der Waals surface area contributed by atoms with Gasteiger partial charge < -0.3 is 9.84 Å². The Morgan fingerprint density at radius 2 is 2.31 bits per heavy atom. The number of ether oxygens (including phenoxy) is 1. The van der Waals surface area contributed by atoms with Gasteiger partial charge >= 0.3 is 0 Å². The Morgan fingerprint density at radius 3 is 2.94 bits per heavy atom. The van der Waals surface area contributed by atoms with Gasteiger partial charge in [-0.3, -0.25) is 4.68 Å². The minimum Gasteiger partial charge on any atom is -0.392 e. The fourth-order valence-corrected chi connectivity index (χ4v) is 2.19. The number of hydrogen-bond acceptors (Lipinski definition) is 3. The first-order chi connectivity index (χ1) is 7.79. The van der Waals surface area contributed by atoms with E-state index in [4.69, 9.17) is 4.74 Å². The maximum atomic E-state index is 10.1. The summed E-state index contributed by atoms with van der Waals surface area (Å²) in [6.45, 7) is 4.52. The number of aromatic nitrogens is 2. The monoisotopic (exact) mass is 224 g/mol. The molecule has 1 unspecified atom stereocenters. The van der Waals surface area contributed by atoms with Crippen molar-refractivity contribution in [2.45, 2.75) is 38.8 Å². The van der Waals surface area contributed by atoms with Crippen molar-refractivity contribution >= 4 is 0 Å². The highest BCUT2D eigenvalue weighted by molar-refractivity contribution is 5.05. The molecule has 0 saturated carbocycles. The molecule has 1 aromatic heterocycles. The molecule has 2 rings (SSSR count). The molecule has 1 aliphatic heterocycles. The molecule has 1 aliphatic rings. The average molecular weight is 224 g/mol. The standard InChI is InChI=1S/C12H20N2O2/c1-2-14-9-10(8-13-14)7-12(15)11-3-5-16-6-4-11/h8-9,11-12,15H,2-7H2,1H3. The van der Waals surface area contributed by atoms with Gasteiger partial charge in [-0.05, 0) is 31.2 Å². The molecule has 90 valence electrons. The zero-order chi connectivity index (χ0) is 11.4. The third kappa shape index (κ3) is 2.83. The molecule has 0 aliphatic carbocycles. The van der Waals surface area contributed by atoms with E-state index in [2.05, 4.69) is 12.0 Å². The van der Waals surface area contributed by atoms with E-state index in [0.717, 1.165) is 38.2 Å².